The lowest BCUT2D eigenvalue weighted by Crippen LogP contribution is -2.39. The molecule has 7 heteroatoms. The average Bonchev–Trinajstić information content (AvgIpc) is 3.20. The molecular weight excluding hydrogens is 278 g/mol. The summed E-state index contributed by atoms with van der Waals surface area (Å²) in [6.45, 7) is 0.281. The summed E-state index contributed by atoms with van der Waals surface area (Å²) in [5.74, 6) is 0.270. The maximum absolute atomic E-state index is 12.0. The van der Waals surface area contributed by atoms with E-state index in [0.29, 0.717) is 17.2 Å². The number of nitrogens with one attached hydrogen (secondary N) is 1. The quantitative estimate of drug-likeness (QED) is 0.828. The molecule has 0 spiro atoms. The van der Waals surface area contributed by atoms with Gasteiger partial charge in [0, 0.05) is 18.0 Å². The summed E-state index contributed by atoms with van der Waals surface area (Å²) < 4.78 is 31.7. The fourth-order valence-corrected chi connectivity index (χ4v) is 3.30. The molecule has 20 heavy (non-hydrogen) atoms. The largest absolute Gasteiger partial charge is 0.356 e. The molecule has 0 bridgehead atoms. The van der Waals surface area contributed by atoms with Crippen LogP contribution in [0.1, 0.15) is 18.5 Å². The van der Waals surface area contributed by atoms with Gasteiger partial charge >= 0.3 is 0 Å². The van der Waals surface area contributed by atoms with Crippen molar-refractivity contribution < 1.29 is 12.9 Å². The average molecular weight is 295 g/mol. The Kier molecular flexibility index (Phi) is 3.49. The fourth-order valence-electron chi connectivity index (χ4n) is 2.19. The molecular formula is C13H17N3O3S. The molecule has 1 heterocycles. The zero-order chi connectivity index (χ0) is 14.2. The Morgan fingerprint density at radius 2 is 2.15 bits per heavy atom. The summed E-state index contributed by atoms with van der Waals surface area (Å²) in [7, 11) is -3.45. The smallest absolute Gasteiger partial charge is 0.217 e. The molecule has 1 aromatic heterocycles. The van der Waals surface area contributed by atoms with Crippen molar-refractivity contribution >= 4 is 21.0 Å². The predicted octanol–water partition coefficient (Wildman–Crippen LogP) is 0.984. The summed E-state index contributed by atoms with van der Waals surface area (Å²) >= 11 is 0. The van der Waals surface area contributed by atoms with Gasteiger partial charge in [-0.1, -0.05) is 17.3 Å². The molecule has 1 aliphatic carbocycles. The second-order valence-electron chi connectivity index (χ2n) is 5.23. The predicted molar refractivity (Wildman–Crippen MR) is 75.3 cm³/mol. The number of fused-ring (bicyclic) bond motifs is 1. The first-order valence-corrected chi connectivity index (χ1v) is 8.26. The Morgan fingerprint density at radius 1 is 1.40 bits per heavy atom. The molecule has 0 saturated heterocycles. The molecule has 1 saturated carbocycles. The SMILES string of the molecule is NC(CNS(=O)(=O)Cc1noc2ccccc12)C1CC1. The summed E-state index contributed by atoms with van der Waals surface area (Å²) in [6, 6.07) is 7.10. The molecule has 1 fully saturated rings. The maximum atomic E-state index is 12.0. The van der Waals surface area contributed by atoms with Crippen LogP contribution in [0, 0.1) is 5.92 Å². The molecule has 3 N–H and O–H groups in total. The van der Waals surface area contributed by atoms with Crippen molar-refractivity contribution in [2.24, 2.45) is 11.7 Å². The van der Waals surface area contributed by atoms with E-state index in [2.05, 4.69) is 9.88 Å². The Morgan fingerprint density at radius 3 is 2.90 bits per heavy atom. The minimum absolute atomic E-state index is 0.0983. The monoisotopic (exact) mass is 295 g/mol. The second kappa shape index (κ2) is 5.16. The number of hydrogen-bond acceptors (Lipinski definition) is 5. The number of para-hydroxylation sites is 1. The number of sulfonamides is 1. The third-order valence-electron chi connectivity index (χ3n) is 3.55. The lowest BCUT2D eigenvalue weighted by molar-refractivity contribution is 0.448. The Labute approximate surface area is 117 Å². The first-order chi connectivity index (χ1) is 9.55. The number of aromatic nitrogens is 1. The van der Waals surface area contributed by atoms with E-state index in [-0.39, 0.29) is 18.3 Å². The highest BCUT2D eigenvalue weighted by Gasteiger charge is 2.29. The second-order valence-corrected chi connectivity index (χ2v) is 7.04. The zero-order valence-electron chi connectivity index (χ0n) is 11.0. The van der Waals surface area contributed by atoms with E-state index in [9.17, 15) is 8.42 Å². The van der Waals surface area contributed by atoms with Gasteiger partial charge in [-0.3, -0.25) is 0 Å². The van der Waals surface area contributed by atoms with E-state index in [0.717, 1.165) is 18.2 Å². The Bertz CT molecular complexity index is 706. The number of nitrogens with zero attached hydrogens (tertiary/aromatic N) is 1. The van der Waals surface area contributed by atoms with Gasteiger partial charge in [0.25, 0.3) is 0 Å². The highest BCUT2D eigenvalue weighted by molar-refractivity contribution is 7.88. The van der Waals surface area contributed by atoms with E-state index >= 15 is 0 Å². The van der Waals surface area contributed by atoms with Crippen molar-refractivity contribution in [1.82, 2.24) is 9.88 Å². The molecule has 1 aliphatic rings. The van der Waals surface area contributed by atoms with Gasteiger partial charge in [0.15, 0.2) is 5.58 Å². The zero-order valence-corrected chi connectivity index (χ0v) is 11.8. The summed E-state index contributed by atoms with van der Waals surface area (Å²) in [4.78, 5) is 0. The number of nitrogens with two attached hydrogens (primary N) is 1. The normalized spacial score (nSPS) is 17.4. The van der Waals surface area contributed by atoms with E-state index in [1.54, 1.807) is 12.1 Å². The van der Waals surface area contributed by atoms with Crippen LogP contribution in [0.15, 0.2) is 28.8 Å². The Hall–Kier alpha value is -1.44. The lowest BCUT2D eigenvalue weighted by Gasteiger charge is -2.11. The number of benzene rings is 1. The standard InChI is InChI=1S/C13H17N3O3S/c14-11(9-5-6-9)7-15-20(17,18)8-12-10-3-1-2-4-13(10)19-16-12/h1-4,9,11,15H,5-8,14H2. The number of rotatable bonds is 6. The Balaban J connectivity index is 1.69. The van der Waals surface area contributed by atoms with Crippen LogP contribution in [0.25, 0.3) is 11.0 Å². The summed E-state index contributed by atoms with van der Waals surface area (Å²) in [5.41, 5.74) is 6.90. The molecule has 6 nitrogen and oxygen atoms in total. The van der Waals surface area contributed by atoms with Gasteiger partial charge < -0.3 is 10.3 Å². The molecule has 2 aromatic rings. The van der Waals surface area contributed by atoms with E-state index in [1.807, 2.05) is 12.1 Å². The van der Waals surface area contributed by atoms with Gasteiger partial charge in [-0.15, -0.1) is 0 Å². The van der Waals surface area contributed by atoms with Crippen molar-refractivity contribution in [3.63, 3.8) is 0 Å². The minimum Gasteiger partial charge on any atom is -0.356 e. The van der Waals surface area contributed by atoms with Crippen LogP contribution in [0.5, 0.6) is 0 Å². The highest BCUT2D eigenvalue weighted by atomic mass is 32.2. The van der Waals surface area contributed by atoms with Crippen molar-refractivity contribution in [1.29, 1.82) is 0 Å². The molecule has 0 aliphatic heterocycles. The molecule has 108 valence electrons. The first kappa shape index (κ1) is 13.5. The minimum atomic E-state index is -3.45. The van der Waals surface area contributed by atoms with Crippen molar-refractivity contribution in [2.75, 3.05) is 6.54 Å². The maximum Gasteiger partial charge on any atom is 0.217 e. The molecule has 1 atom stereocenters. The van der Waals surface area contributed by atoms with Crippen LogP contribution in [0.2, 0.25) is 0 Å². The van der Waals surface area contributed by atoms with Crippen molar-refractivity contribution in [3.05, 3.63) is 30.0 Å². The fraction of sp³-hybridized carbons (Fsp3) is 0.462. The molecule has 3 rings (SSSR count). The summed E-state index contributed by atoms with van der Waals surface area (Å²) in [5, 5.41) is 4.56. The van der Waals surface area contributed by atoms with Crippen LogP contribution in [0.4, 0.5) is 0 Å². The molecule has 0 radical (unpaired) electrons. The van der Waals surface area contributed by atoms with Crippen LogP contribution < -0.4 is 10.5 Å². The van der Waals surface area contributed by atoms with Gasteiger partial charge in [-0.2, -0.15) is 0 Å². The van der Waals surface area contributed by atoms with E-state index in [1.165, 1.54) is 0 Å². The third kappa shape index (κ3) is 3.00. The summed E-state index contributed by atoms with van der Waals surface area (Å²) in [6.07, 6.45) is 2.19. The van der Waals surface area contributed by atoms with Gasteiger partial charge in [0.1, 0.15) is 11.4 Å². The van der Waals surface area contributed by atoms with E-state index < -0.39 is 10.0 Å². The highest BCUT2D eigenvalue weighted by Crippen LogP contribution is 2.31. The van der Waals surface area contributed by atoms with Gasteiger partial charge in [-0.05, 0) is 30.9 Å². The van der Waals surface area contributed by atoms with Crippen molar-refractivity contribution in [3.8, 4) is 0 Å². The van der Waals surface area contributed by atoms with Gasteiger partial charge in [0.2, 0.25) is 10.0 Å². The van der Waals surface area contributed by atoms with Crippen LogP contribution >= 0.6 is 0 Å². The molecule has 1 unspecified atom stereocenters. The van der Waals surface area contributed by atoms with Gasteiger partial charge in [-0.25, -0.2) is 13.1 Å². The van der Waals surface area contributed by atoms with Gasteiger partial charge in [0.05, 0.1) is 0 Å². The molecule has 0 amide bonds. The number of hydrogen-bond donors (Lipinski definition) is 2. The van der Waals surface area contributed by atoms with Crippen LogP contribution in [0.3, 0.4) is 0 Å². The topological polar surface area (TPSA) is 98.2 Å². The van der Waals surface area contributed by atoms with Crippen LogP contribution in [-0.4, -0.2) is 26.2 Å². The van der Waals surface area contributed by atoms with E-state index in [4.69, 9.17) is 10.3 Å². The third-order valence-corrected chi connectivity index (χ3v) is 4.81. The first-order valence-electron chi connectivity index (χ1n) is 6.61. The lowest BCUT2D eigenvalue weighted by atomic mass is 10.2. The van der Waals surface area contributed by atoms with Crippen LogP contribution in [-0.2, 0) is 15.8 Å². The molecule has 1 aromatic carbocycles. The van der Waals surface area contributed by atoms with Crippen molar-refractivity contribution in [2.45, 2.75) is 24.6 Å².